The summed E-state index contributed by atoms with van der Waals surface area (Å²) >= 11 is 0. The Morgan fingerprint density at radius 1 is 1.09 bits per heavy atom. The first-order valence-corrected chi connectivity index (χ1v) is 8.22. The maximum absolute atomic E-state index is 12.1. The lowest BCUT2D eigenvalue weighted by atomic mass is 9.78. The molecule has 1 N–H and O–H groups in total. The van der Waals surface area contributed by atoms with Crippen molar-refractivity contribution in [3.63, 3.8) is 0 Å². The Labute approximate surface area is 138 Å². The molecule has 1 saturated heterocycles. The predicted molar refractivity (Wildman–Crippen MR) is 85.4 cm³/mol. The zero-order valence-corrected chi connectivity index (χ0v) is 14.9. The smallest absolute Gasteiger partial charge is 0.302 e. The maximum atomic E-state index is 12.1. The van der Waals surface area contributed by atoms with Gasteiger partial charge in [-0.2, -0.15) is 0 Å². The molecule has 6 nitrogen and oxygen atoms in total. The van der Waals surface area contributed by atoms with E-state index in [1.54, 1.807) is 6.92 Å². The Morgan fingerprint density at radius 2 is 1.70 bits per heavy atom. The molecule has 1 amide bonds. The van der Waals surface area contributed by atoms with Crippen LogP contribution in [0.4, 0.5) is 0 Å². The lowest BCUT2D eigenvalue weighted by Gasteiger charge is -2.43. The fourth-order valence-corrected chi connectivity index (χ4v) is 2.72. The molecule has 0 aromatic rings. The van der Waals surface area contributed by atoms with Crippen LogP contribution < -0.4 is 5.32 Å². The highest BCUT2D eigenvalue weighted by Crippen LogP contribution is 2.34. The van der Waals surface area contributed by atoms with Gasteiger partial charge in [0, 0.05) is 25.2 Å². The van der Waals surface area contributed by atoms with E-state index in [9.17, 15) is 14.4 Å². The highest BCUT2D eigenvalue weighted by atomic mass is 16.6. The van der Waals surface area contributed by atoms with E-state index in [1.165, 1.54) is 13.8 Å². The molecule has 0 saturated carbocycles. The first kappa shape index (κ1) is 19.6. The number of ketones is 1. The average molecular weight is 327 g/mol. The number of hydrogen-bond donors (Lipinski definition) is 1. The summed E-state index contributed by atoms with van der Waals surface area (Å²) in [5, 5.41) is 2.87. The van der Waals surface area contributed by atoms with Gasteiger partial charge in [-0.15, -0.1) is 0 Å². The molecule has 132 valence electrons. The summed E-state index contributed by atoms with van der Waals surface area (Å²) in [6.45, 7) is 11.0. The number of nitrogens with one attached hydrogen (secondary N) is 1. The van der Waals surface area contributed by atoms with Gasteiger partial charge in [-0.3, -0.25) is 14.4 Å². The summed E-state index contributed by atoms with van der Waals surface area (Å²) in [6, 6.07) is 0. The first-order valence-electron chi connectivity index (χ1n) is 8.22. The van der Waals surface area contributed by atoms with Crippen molar-refractivity contribution in [1.82, 2.24) is 5.32 Å². The number of ether oxygens (including phenoxy) is 2. The van der Waals surface area contributed by atoms with Gasteiger partial charge in [-0.1, -0.05) is 27.7 Å². The lowest BCUT2D eigenvalue weighted by molar-refractivity contribution is -0.178. The topological polar surface area (TPSA) is 81.7 Å². The molecule has 0 aromatic carbocycles. The average Bonchev–Trinajstić information content (AvgIpc) is 2.46. The Morgan fingerprint density at radius 3 is 2.22 bits per heavy atom. The number of carbonyl (C=O) groups excluding carboxylic acids is 3. The van der Waals surface area contributed by atoms with E-state index in [2.05, 4.69) is 19.2 Å². The normalized spacial score (nSPS) is 32.0. The summed E-state index contributed by atoms with van der Waals surface area (Å²) in [5.41, 5.74) is 0. The van der Waals surface area contributed by atoms with Crippen LogP contribution in [0.1, 0.15) is 48.0 Å². The van der Waals surface area contributed by atoms with Crippen LogP contribution in [0.5, 0.6) is 0 Å². The van der Waals surface area contributed by atoms with Crippen LogP contribution >= 0.6 is 0 Å². The van der Waals surface area contributed by atoms with Crippen LogP contribution in [0.15, 0.2) is 0 Å². The van der Waals surface area contributed by atoms with Crippen molar-refractivity contribution in [3.05, 3.63) is 0 Å². The fourth-order valence-electron chi connectivity index (χ4n) is 2.72. The third kappa shape index (κ3) is 5.61. The summed E-state index contributed by atoms with van der Waals surface area (Å²) in [5.74, 6) is -0.196. The predicted octanol–water partition coefficient (Wildman–Crippen LogP) is 1.91. The minimum absolute atomic E-state index is 0.00696. The van der Waals surface area contributed by atoms with E-state index in [0.29, 0.717) is 5.92 Å². The van der Waals surface area contributed by atoms with Crippen LogP contribution in [-0.2, 0) is 23.9 Å². The van der Waals surface area contributed by atoms with E-state index in [-0.39, 0.29) is 54.5 Å². The second-order valence-corrected chi connectivity index (χ2v) is 6.76. The fraction of sp³-hybridized carbons (Fsp3) is 0.824. The second-order valence-electron chi connectivity index (χ2n) is 6.76. The SMILES string of the molecule is CC(=O)OCC1O[C@@H](NC(=O)C[C@H](C)C(C)=O)C(C)[C@@H](C)[C@@H]1C. The minimum Gasteiger partial charge on any atom is -0.463 e. The van der Waals surface area contributed by atoms with Crippen LogP contribution in [0.3, 0.4) is 0 Å². The van der Waals surface area contributed by atoms with Gasteiger partial charge < -0.3 is 14.8 Å². The van der Waals surface area contributed by atoms with Crippen LogP contribution in [0.2, 0.25) is 0 Å². The van der Waals surface area contributed by atoms with Crippen molar-refractivity contribution >= 4 is 17.7 Å². The quantitative estimate of drug-likeness (QED) is 0.754. The molecule has 0 aliphatic carbocycles. The van der Waals surface area contributed by atoms with E-state index in [0.717, 1.165) is 0 Å². The molecule has 1 fully saturated rings. The van der Waals surface area contributed by atoms with Crippen molar-refractivity contribution in [2.45, 2.75) is 60.3 Å². The Bertz CT molecular complexity index is 450. The van der Waals surface area contributed by atoms with Crippen LogP contribution in [0.25, 0.3) is 0 Å². The van der Waals surface area contributed by atoms with Crippen LogP contribution in [-0.4, -0.2) is 36.6 Å². The van der Waals surface area contributed by atoms with E-state index in [4.69, 9.17) is 9.47 Å². The van der Waals surface area contributed by atoms with E-state index in [1.807, 2.05) is 6.92 Å². The summed E-state index contributed by atoms with van der Waals surface area (Å²) in [6.07, 6.45) is -0.533. The Balaban J connectivity index is 2.67. The van der Waals surface area contributed by atoms with Gasteiger partial charge in [0.1, 0.15) is 18.6 Å². The number of carbonyl (C=O) groups is 3. The lowest BCUT2D eigenvalue weighted by Crippen LogP contribution is -2.54. The molecular weight excluding hydrogens is 298 g/mol. The van der Waals surface area contributed by atoms with Gasteiger partial charge in [0.2, 0.25) is 5.91 Å². The number of hydrogen-bond acceptors (Lipinski definition) is 5. The molecule has 1 heterocycles. The van der Waals surface area contributed by atoms with Crippen molar-refractivity contribution < 1.29 is 23.9 Å². The summed E-state index contributed by atoms with van der Waals surface area (Å²) < 4.78 is 11.0. The van der Waals surface area contributed by atoms with Crippen LogP contribution in [0, 0.1) is 23.7 Å². The highest BCUT2D eigenvalue weighted by Gasteiger charge is 2.40. The monoisotopic (exact) mass is 327 g/mol. The van der Waals surface area contributed by atoms with E-state index >= 15 is 0 Å². The molecule has 0 bridgehead atoms. The van der Waals surface area contributed by atoms with Gasteiger partial charge in [-0.25, -0.2) is 0 Å². The number of Topliss-reactive ketones (excluding diaryl/α,β-unsaturated/α-hetero) is 1. The Kier molecular flexibility index (Phi) is 7.19. The number of esters is 1. The molecule has 6 atom stereocenters. The molecule has 1 aliphatic heterocycles. The van der Waals surface area contributed by atoms with Crippen molar-refractivity contribution in [2.24, 2.45) is 23.7 Å². The molecule has 0 aromatic heterocycles. The van der Waals surface area contributed by atoms with Crippen molar-refractivity contribution in [2.75, 3.05) is 6.61 Å². The molecule has 23 heavy (non-hydrogen) atoms. The molecule has 1 rings (SSSR count). The van der Waals surface area contributed by atoms with Crippen molar-refractivity contribution in [3.8, 4) is 0 Å². The van der Waals surface area contributed by atoms with E-state index < -0.39 is 6.23 Å². The second kappa shape index (κ2) is 8.43. The first-order chi connectivity index (χ1) is 10.6. The van der Waals surface area contributed by atoms with Crippen molar-refractivity contribution in [1.29, 1.82) is 0 Å². The third-order valence-corrected chi connectivity index (χ3v) is 4.98. The molecule has 1 aliphatic rings. The largest absolute Gasteiger partial charge is 0.463 e. The van der Waals surface area contributed by atoms with Gasteiger partial charge in [-0.05, 0) is 18.8 Å². The van der Waals surface area contributed by atoms with Gasteiger partial charge in [0.05, 0.1) is 6.10 Å². The third-order valence-electron chi connectivity index (χ3n) is 4.98. The standard InChI is InChI=1S/C17H29NO5/c1-9(13(5)19)7-16(21)18-17-12(4)10(2)11(3)15(23-17)8-22-14(6)20/h9-12,15,17H,7-8H2,1-6H3,(H,18,21)/t9-,10-,11-,12?,15?,17+/m0/s1. The Hall–Kier alpha value is -1.43. The minimum atomic E-state index is -0.437. The molecule has 0 spiro atoms. The zero-order valence-electron chi connectivity index (χ0n) is 14.9. The molecule has 6 heteroatoms. The van der Waals surface area contributed by atoms with Gasteiger partial charge >= 0.3 is 5.97 Å². The number of amides is 1. The zero-order chi connectivity index (χ0) is 17.7. The molecular formula is C17H29NO5. The molecule has 0 radical (unpaired) electrons. The van der Waals surface area contributed by atoms with Gasteiger partial charge in [0.15, 0.2) is 0 Å². The summed E-state index contributed by atoms with van der Waals surface area (Å²) in [4.78, 5) is 34.4. The maximum Gasteiger partial charge on any atom is 0.302 e. The van der Waals surface area contributed by atoms with Gasteiger partial charge in [0.25, 0.3) is 0 Å². The number of rotatable bonds is 6. The summed E-state index contributed by atoms with van der Waals surface area (Å²) in [7, 11) is 0. The molecule has 2 unspecified atom stereocenters. The highest BCUT2D eigenvalue weighted by molar-refractivity contribution is 5.85.